The molecule has 3 nitrogen and oxygen atoms in total. The van der Waals surface area contributed by atoms with Gasteiger partial charge in [-0.25, -0.2) is 0 Å². The summed E-state index contributed by atoms with van der Waals surface area (Å²) in [5.74, 6) is 0. The fraction of sp³-hybridized carbons (Fsp3) is 0.357. The fourth-order valence-corrected chi connectivity index (χ4v) is 3.23. The highest BCUT2D eigenvalue weighted by Crippen LogP contribution is 2.29. The smallest absolute Gasteiger partial charge is 0.0738 e. The van der Waals surface area contributed by atoms with E-state index >= 15 is 0 Å². The lowest BCUT2D eigenvalue weighted by Crippen LogP contribution is -2.16. The molecule has 0 spiro atoms. The number of hydrogen-bond donors (Lipinski definition) is 1. The van der Waals surface area contributed by atoms with Crippen molar-refractivity contribution in [1.82, 2.24) is 9.78 Å². The summed E-state index contributed by atoms with van der Waals surface area (Å²) in [5.41, 5.74) is 10.8. The first kappa shape index (κ1) is 14.8. The summed E-state index contributed by atoms with van der Waals surface area (Å²) >= 11 is 7.21. The van der Waals surface area contributed by atoms with Gasteiger partial charge in [0.05, 0.1) is 15.9 Å². The lowest BCUT2D eigenvalue weighted by molar-refractivity contribution is 0.636. The molecule has 0 fully saturated rings. The summed E-state index contributed by atoms with van der Waals surface area (Å²) in [6, 6.07) is 6.13. The van der Waals surface area contributed by atoms with Crippen molar-refractivity contribution in [1.29, 1.82) is 0 Å². The zero-order valence-corrected chi connectivity index (χ0v) is 14.4. The molecule has 0 radical (unpaired) electrons. The Labute approximate surface area is 130 Å². The van der Waals surface area contributed by atoms with E-state index in [1.54, 1.807) is 0 Å². The van der Waals surface area contributed by atoms with Crippen molar-refractivity contribution in [3.05, 3.63) is 49.7 Å². The second-order valence-corrected chi connectivity index (χ2v) is 6.34. The minimum absolute atomic E-state index is 0.0552. The lowest BCUT2D eigenvalue weighted by atomic mass is 10.0. The Bertz CT molecular complexity index is 605. The fourth-order valence-electron chi connectivity index (χ4n) is 2.18. The molecule has 19 heavy (non-hydrogen) atoms. The third-order valence-electron chi connectivity index (χ3n) is 3.30. The van der Waals surface area contributed by atoms with Crippen molar-refractivity contribution in [2.24, 2.45) is 12.8 Å². The molecule has 1 unspecified atom stereocenters. The first-order chi connectivity index (χ1) is 8.91. The van der Waals surface area contributed by atoms with Crippen LogP contribution in [-0.4, -0.2) is 9.78 Å². The van der Waals surface area contributed by atoms with E-state index in [1.165, 1.54) is 5.56 Å². The quantitative estimate of drug-likeness (QED) is 0.871. The summed E-state index contributed by atoms with van der Waals surface area (Å²) in [5, 5.41) is 4.40. The number of aromatic nitrogens is 2. The van der Waals surface area contributed by atoms with E-state index in [-0.39, 0.29) is 6.04 Å². The van der Waals surface area contributed by atoms with Crippen molar-refractivity contribution in [3.63, 3.8) is 0 Å². The van der Waals surface area contributed by atoms with Crippen molar-refractivity contribution >= 4 is 31.9 Å². The van der Waals surface area contributed by atoms with Crippen LogP contribution in [0.15, 0.2) is 27.1 Å². The van der Waals surface area contributed by atoms with Crippen LogP contribution in [0.4, 0.5) is 0 Å². The van der Waals surface area contributed by atoms with E-state index < -0.39 is 0 Å². The Morgan fingerprint density at radius 1 is 1.26 bits per heavy atom. The number of rotatable bonds is 3. The molecule has 102 valence electrons. The van der Waals surface area contributed by atoms with E-state index in [0.717, 1.165) is 32.3 Å². The normalized spacial score (nSPS) is 12.7. The molecule has 1 aromatic heterocycles. The number of hydrogen-bond acceptors (Lipinski definition) is 2. The summed E-state index contributed by atoms with van der Waals surface area (Å²) < 4.78 is 4.04. The summed E-state index contributed by atoms with van der Waals surface area (Å²) in [4.78, 5) is 0. The van der Waals surface area contributed by atoms with Crippen LogP contribution in [0.5, 0.6) is 0 Å². The van der Waals surface area contributed by atoms with Gasteiger partial charge in [0.25, 0.3) is 0 Å². The van der Waals surface area contributed by atoms with Crippen molar-refractivity contribution < 1.29 is 0 Å². The van der Waals surface area contributed by atoms with E-state index in [1.807, 2.05) is 24.7 Å². The van der Waals surface area contributed by atoms with Gasteiger partial charge < -0.3 is 5.73 Å². The van der Waals surface area contributed by atoms with E-state index in [2.05, 4.69) is 56.0 Å². The van der Waals surface area contributed by atoms with Crippen LogP contribution in [0.25, 0.3) is 0 Å². The maximum atomic E-state index is 6.35. The minimum Gasteiger partial charge on any atom is -0.324 e. The minimum atomic E-state index is -0.0552. The van der Waals surface area contributed by atoms with E-state index in [9.17, 15) is 0 Å². The van der Waals surface area contributed by atoms with Gasteiger partial charge in [0.15, 0.2) is 0 Å². The average molecular weight is 387 g/mol. The number of halogens is 2. The second-order valence-electron chi connectivity index (χ2n) is 4.76. The number of benzene rings is 1. The van der Waals surface area contributed by atoms with Crippen molar-refractivity contribution in [3.8, 4) is 0 Å². The first-order valence-electron chi connectivity index (χ1n) is 6.10. The summed E-state index contributed by atoms with van der Waals surface area (Å²) in [6.07, 6.45) is 0.750. The lowest BCUT2D eigenvalue weighted by Gasteiger charge is -2.15. The Kier molecular flexibility index (Phi) is 4.48. The molecule has 2 rings (SSSR count). The second kappa shape index (κ2) is 5.77. The maximum Gasteiger partial charge on any atom is 0.0738 e. The molecule has 0 aliphatic carbocycles. The van der Waals surface area contributed by atoms with Crippen LogP contribution < -0.4 is 5.73 Å². The SMILES string of the molecule is Cc1cccc(C(N)Cc2c(Br)c(C)nn2C)c1Br. The maximum absolute atomic E-state index is 6.35. The molecule has 0 saturated carbocycles. The van der Waals surface area contributed by atoms with Gasteiger partial charge in [-0.05, 0) is 40.9 Å². The van der Waals surface area contributed by atoms with Crippen LogP contribution in [0.2, 0.25) is 0 Å². The van der Waals surface area contributed by atoms with Crippen LogP contribution >= 0.6 is 31.9 Å². The van der Waals surface area contributed by atoms with Gasteiger partial charge >= 0.3 is 0 Å². The molecule has 0 amide bonds. The van der Waals surface area contributed by atoms with Crippen LogP contribution in [0, 0.1) is 13.8 Å². The van der Waals surface area contributed by atoms with Crippen molar-refractivity contribution in [2.45, 2.75) is 26.3 Å². The topological polar surface area (TPSA) is 43.8 Å². The molecule has 1 aromatic carbocycles. The molecule has 2 aromatic rings. The molecule has 0 bridgehead atoms. The molecule has 0 aliphatic heterocycles. The van der Waals surface area contributed by atoms with E-state index in [4.69, 9.17) is 5.73 Å². The first-order valence-corrected chi connectivity index (χ1v) is 7.69. The molecule has 0 aliphatic rings. The highest BCUT2D eigenvalue weighted by atomic mass is 79.9. The molecular weight excluding hydrogens is 370 g/mol. The monoisotopic (exact) mass is 385 g/mol. The Morgan fingerprint density at radius 2 is 1.95 bits per heavy atom. The van der Waals surface area contributed by atoms with Gasteiger partial charge in [0.2, 0.25) is 0 Å². The Hall–Kier alpha value is -0.650. The molecule has 1 heterocycles. The third kappa shape index (κ3) is 2.93. The molecular formula is C14H17Br2N3. The molecule has 1 atom stereocenters. The van der Waals surface area contributed by atoms with Crippen LogP contribution in [0.1, 0.15) is 28.6 Å². The predicted molar refractivity (Wildman–Crippen MR) is 85.2 cm³/mol. The zero-order chi connectivity index (χ0) is 14.2. The average Bonchev–Trinajstić information content (AvgIpc) is 2.59. The van der Waals surface area contributed by atoms with E-state index in [0.29, 0.717) is 0 Å². The molecule has 2 N–H and O–H groups in total. The van der Waals surface area contributed by atoms with Crippen LogP contribution in [0.3, 0.4) is 0 Å². The van der Waals surface area contributed by atoms with Gasteiger partial charge in [-0.15, -0.1) is 0 Å². The summed E-state index contributed by atoms with van der Waals surface area (Å²) in [6.45, 7) is 4.06. The van der Waals surface area contributed by atoms with Gasteiger partial charge in [0.1, 0.15) is 0 Å². The van der Waals surface area contributed by atoms with Gasteiger partial charge in [0, 0.05) is 24.0 Å². The van der Waals surface area contributed by atoms with Gasteiger partial charge in [-0.2, -0.15) is 5.10 Å². The Morgan fingerprint density at radius 3 is 2.53 bits per heavy atom. The van der Waals surface area contributed by atoms with Crippen molar-refractivity contribution in [2.75, 3.05) is 0 Å². The Balaban J connectivity index is 2.31. The molecule has 5 heteroatoms. The largest absolute Gasteiger partial charge is 0.324 e. The van der Waals surface area contributed by atoms with Gasteiger partial charge in [-0.3, -0.25) is 4.68 Å². The number of nitrogens with zero attached hydrogens (tertiary/aromatic N) is 2. The molecule has 0 saturated heterocycles. The zero-order valence-electron chi connectivity index (χ0n) is 11.2. The highest BCUT2D eigenvalue weighted by Gasteiger charge is 2.17. The third-order valence-corrected chi connectivity index (χ3v) is 5.41. The summed E-state index contributed by atoms with van der Waals surface area (Å²) in [7, 11) is 1.95. The highest BCUT2D eigenvalue weighted by molar-refractivity contribution is 9.10. The van der Waals surface area contributed by atoms with Crippen LogP contribution in [-0.2, 0) is 13.5 Å². The standard InChI is InChI=1S/C14H17Br2N3/c1-8-5-4-6-10(13(8)15)11(17)7-12-14(16)9(2)18-19(12)3/h4-6,11H,7,17H2,1-3H3. The number of nitrogens with two attached hydrogens (primary N) is 1. The number of aryl methyl sites for hydroxylation is 3. The predicted octanol–water partition coefficient (Wildman–Crippen LogP) is 3.80. The van der Waals surface area contributed by atoms with Gasteiger partial charge in [-0.1, -0.05) is 34.1 Å².